The van der Waals surface area contributed by atoms with Crippen molar-refractivity contribution in [3.05, 3.63) is 41.7 Å². The molecule has 0 aliphatic heterocycles. The monoisotopic (exact) mass is 322 g/mol. The minimum absolute atomic E-state index is 0. The van der Waals surface area contributed by atoms with Gasteiger partial charge in [-0.05, 0) is 51.5 Å². The Hall–Kier alpha value is -1.85. The first-order valence-electron chi connectivity index (χ1n) is 7.15. The molecule has 0 saturated carbocycles. The predicted molar refractivity (Wildman–Crippen MR) is 91.8 cm³/mol. The molecule has 3 N–H and O–H groups in total. The summed E-state index contributed by atoms with van der Waals surface area (Å²) in [6.45, 7) is 5.87. The maximum atomic E-state index is 11.8. The third kappa shape index (κ3) is 4.86. The van der Waals surface area contributed by atoms with E-state index in [0.717, 1.165) is 22.8 Å². The Bertz CT molecular complexity index is 637. The second-order valence-electron chi connectivity index (χ2n) is 5.45. The van der Waals surface area contributed by atoms with Crippen LogP contribution in [0.1, 0.15) is 31.2 Å². The zero-order chi connectivity index (χ0) is 15.4. The van der Waals surface area contributed by atoms with Gasteiger partial charge in [0.1, 0.15) is 0 Å². The highest BCUT2D eigenvalue weighted by atomic mass is 35.5. The van der Waals surface area contributed by atoms with Crippen LogP contribution in [0.2, 0.25) is 0 Å². The molecule has 5 nitrogen and oxygen atoms in total. The van der Waals surface area contributed by atoms with Crippen molar-refractivity contribution in [1.29, 1.82) is 0 Å². The first-order chi connectivity index (χ1) is 9.95. The van der Waals surface area contributed by atoms with Gasteiger partial charge in [-0.25, -0.2) is 4.68 Å². The van der Waals surface area contributed by atoms with E-state index >= 15 is 0 Å². The van der Waals surface area contributed by atoms with Crippen molar-refractivity contribution in [2.24, 2.45) is 5.73 Å². The number of carbonyl (C=O) groups excluding carboxylic acids is 1. The van der Waals surface area contributed by atoms with E-state index in [-0.39, 0.29) is 24.4 Å². The minimum atomic E-state index is -0.0159. The molecule has 120 valence electrons. The Morgan fingerprint density at radius 2 is 2.09 bits per heavy atom. The number of hydrogen-bond donors (Lipinski definition) is 2. The SMILES string of the molecule is Cc1cc(C)n(-c2cccc(NC(=O)CCC(C)N)c2)n1.Cl. The number of aromatic nitrogens is 2. The summed E-state index contributed by atoms with van der Waals surface area (Å²) in [6.07, 6.45) is 1.12. The zero-order valence-corrected chi connectivity index (χ0v) is 14.0. The van der Waals surface area contributed by atoms with Crippen LogP contribution in [0.5, 0.6) is 0 Å². The van der Waals surface area contributed by atoms with Crippen LogP contribution < -0.4 is 11.1 Å². The lowest BCUT2D eigenvalue weighted by atomic mass is 10.2. The van der Waals surface area contributed by atoms with Crippen LogP contribution in [0.3, 0.4) is 0 Å². The molecule has 1 aromatic carbocycles. The number of anilines is 1. The summed E-state index contributed by atoms with van der Waals surface area (Å²) < 4.78 is 1.87. The highest BCUT2D eigenvalue weighted by Crippen LogP contribution is 2.17. The molecule has 0 spiro atoms. The summed E-state index contributed by atoms with van der Waals surface area (Å²) in [4.78, 5) is 11.8. The van der Waals surface area contributed by atoms with Gasteiger partial charge in [-0.2, -0.15) is 5.10 Å². The quantitative estimate of drug-likeness (QED) is 0.888. The lowest BCUT2D eigenvalue weighted by Crippen LogP contribution is -2.19. The zero-order valence-electron chi connectivity index (χ0n) is 13.2. The first kappa shape index (κ1) is 18.2. The van der Waals surface area contributed by atoms with Crippen molar-refractivity contribution in [3.63, 3.8) is 0 Å². The van der Waals surface area contributed by atoms with E-state index in [1.165, 1.54) is 0 Å². The van der Waals surface area contributed by atoms with E-state index in [9.17, 15) is 4.79 Å². The Labute approximate surface area is 137 Å². The molecule has 0 saturated heterocycles. The minimum Gasteiger partial charge on any atom is -0.328 e. The smallest absolute Gasteiger partial charge is 0.224 e. The van der Waals surface area contributed by atoms with Gasteiger partial charge < -0.3 is 11.1 Å². The fourth-order valence-corrected chi connectivity index (χ4v) is 2.19. The average Bonchev–Trinajstić information content (AvgIpc) is 2.76. The summed E-state index contributed by atoms with van der Waals surface area (Å²) in [6, 6.07) is 9.73. The lowest BCUT2D eigenvalue weighted by Gasteiger charge is -2.09. The van der Waals surface area contributed by atoms with E-state index in [2.05, 4.69) is 10.4 Å². The van der Waals surface area contributed by atoms with Crippen molar-refractivity contribution in [1.82, 2.24) is 9.78 Å². The number of halogens is 1. The number of rotatable bonds is 5. The standard InChI is InChI=1S/C16H22N4O.ClH/c1-11(17)7-8-16(21)18-14-5-4-6-15(10-14)20-13(3)9-12(2)19-20;/h4-6,9-11H,7-8,17H2,1-3H3,(H,18,21);1H. The molecule has 1 atom stereocenters. The average molecular weight is 323 g/mol. The van der Waals surface area contributed by atoms with Crippen LogP contribution in [-0.2, 0) is 4.79 Å². The molecule has 1 heterocycles. The molecular formula is C16H23ClN4O. The molecule has 2 aromatic rings. The van der Waals surface area contributed by atoms with E-state index in [1.807, 2.05) is 55.8 Å². The molecular weight excluding hydrogens is 300 g/mol. The molecule has 6 heteroatoms. The number of nitrogens with two attached hydrogens (primary N) is 1. The summed E-state index contributed by atoms with van der Waals surface area (Å²) in [7, 11) is 0. The van der Waals surface area contributed by atoms with E-state index in [0.29, 0.717) is 12.8 Å². The van der Waals surface area contributed by atoms with Crippen LogP contribution in [0.15, 0.2) is 30.3 Å². The van der Waals surface area contributed by atoms with E-state index < -0.39 is 0 Å². The molecule has 1 amide bonds. The van der Waals surface area contributed by atoms with Crippen molar-refractivity contribution >= 4 is 24.0 Å². The Balaban J connectivity index is 0.00000242. The number of nitrogens with one attached hydrogen (secondary N) is 1. The van der Waals surface area contributed by atoms with Gasteiger partial charge in [-0.3, -0.25) is 4.79 Å². The second-order valence-corrected chi connectivity index (χ2v) is 5.45. The summed E-state index contributed by atoms with van der Waals surface area (Å²) in [5, 5.41) is 7.35. The summed E-state index contributed by atoms with van der Waals surface area (Å²) in [5.74, 6) is -0.0159. The lowest BCUT2D eigenvalue weighted by molar-refractivity contribution is -0.116. The summed E-state index contributed by atoms with van der Waals surface area (Å²) >= 11 is 0. The molecule has 1 aromatic heterocycles. The maximum Gasteiger partial charge on any atom is 0.224 e. The molecule has 0 aliphatic rings. The van der Waals surface area contributed by atoms with Gasteiger partial charge in [0.15, 0.2) is 0 Å². The number of nitrogens with zero attached hydrogens (tertiary/aromatic N) is 2. The van der Waals surface area contributed by atoms with Gasteiger partial charge in [-0.1, -0.05) is 6.07 Å². The van der Waals surface area contributed by atoms with Gasteiger partial charge in [0, 0.05) is 23.8 Å². The van der Waals surface area contributed by atoms with Crippen LogP contribution in [0, 0.1) is 13.8 Å². The predicted octanol–water partition coefficient (Wildman–Crippen LogP) is 2.98. The van der Waals surface area contributed by atoms with E-state index in [4.69, 9.17) is 5.73 Å². The number of hydrogen-bond acceptors (Lipinski definition) is 3. The number of aryl methyl sites for hydroxylation is 2. The molecule has 0 fully saturated rings. The van der Waals surface area contributed by atoms with Crippen molar-refractivity contribution in [2.45, 2.75) is 39.7 Å². The van der Waals surface area contributed by atoms with E-state index in [1.54, 1.807) is 0 Å². The van der Waals surface area contributed by atoms with Crippen molar-refractivity contribution in [3.8, 4) is 5.69 Å². The molecule has 0 bridgehead atoms. The third-order valence-corrected chi connectivity index (χ3v) is 3.21. The molecule has 0 aliphatic carbocycles. The topological polar surface area (TPSA) is 72.9 Å². The second kappa shape index (κ2) is 7.96. The molecule has 22 heavy (non-hydrogen) atoms. The molecule has 2 rings (SSSR count). The maximum absolute atomic E-state index is 11.8. The largest absolute Gasteiger partial charge is 0.328 e. The summed E-state index contributed by atoms with van der Waals surface area (Å²) in [5.41, 5.74) is 9.40. The Morgan fingerprint density at radius 3 is 2.68 bits per heavy atom. The van der Waals surface area contributed by atoms with Crippen LogP contribution in [0.25, 0.3) is 5.69 Å². The number of benzene rings is 1. The van der Waals surface area contributed by atoms with Gasteiger partial charge in [0.25, 0.3) is 0 Å². The van der Waals surface area contributed by atoms with Gasteiger partial charge in [0.2, 0.25) is 5.91 Å². The van der Waals surface area contributed by atoms with Crippen LogP contribution in [-0.4, -0.2) is 21.7 Å². The third-order valence-electron chi connectivity index (χ3n) is 3.21. The highest BCUT2D eigenvalue weighted by molar-refractivity contribution is 5.90. The van der Waals surface area contributed by atoms with Crippen molar-refractivity contribution in [2.75, 3.05) is 5.32 Å². The van der Waals surface area contributed by atoms with Gasteiger partial charge in [-0.15, -0.1) is 12.4 Å². The number of amides is 1. The fraction of sp³-hybridized carbons (Fsp3) is 0.375. The molecule has 0 radical (unpaired) electrons. The molecule has 1 unspecified atom stereocenters. The fourth-order valence-electron chi connectivity index (χ4n) is 2.19. The Morgan fingerprint density at radius 1 is 1.36 bits per heavy atom. The normalized spacial score (nSPS) is 11.6. The Kier molecular flexibility index (Phi) is 6.59. The van der Waals surface area contributed by atoms with Crippen LogP contribution >= 0.6 is 12.4 Å². The van der Waals surface area contributed by atoms with Crippen LogP contribution in [0.4, 0.5) is 5.69 Å². The highest BCUT2D eigenvalue weighted by Gasteiger charge is 2.07. The number of carbonyl (C=O) groups is 1. The first-order valence-corrected chi connectivity index (χ1v) is 7.15. The van der Waals surface area contributed by atoms with Crippen molar-refractivity contribution < 1.29 is 4.79 Å². The van der Waals surface area contributed by atoms with Gasteiger partial charge >= 0.3 is 0 Å². The van der Waals surface area contributed by atoms with Gasteiger partial charge in [0.05, 0.1) is 11.4 Å².